The Bertz CT molecular complexity index is 506. The summed E-state index contributed by atoms with van der Waals surface area (Å²) < 4.78 is 0. The van der Waals surface area contributed by atoms with Gasteiger partial charge in [-0.25, -0.2) is 0 Å². The molecule has 2 aliphatic heterocycles. The molecule has 21 heavy (non-hydrogen) atoms. The highest BCUT2D eigenvalue weighted by Crippen LogP contribution is 2.37. The molecule has 3 nitrogen and oxygen atoms in total. The monoisotopic (exact) mass is 346 g/mol. The first kappa shape index (κ1) is 16.9. The topological polar surface area (TPSA) is 41.1 Å². The molecule has 0 bridgehead atoms. The molecule has 1 fully saturated rings. The highest BCUT2D eigenvalue weighted by Gasteiger charge is 2.24. The minimum Gasteiger partial charge on any atom is -0.349 e. The number of halogens is 2. The molecule has 0 spiro atoms. The zero-order valence-corrected chi connectivity index (χ0v) is 14.1. The van der Waals surface area contributed by atoms with Gasteiger partial charge in [0.1, 0.15) is 0 Å². The highest BCUT2D eigenvalue weighted by atomic mass is 35.5. The molecule has 1 saturated heterocycles. The van der Waals surface area contributed by atoms with Gasteiger partial charge < -0.3 is 10.6 Å². The lowest BCUT2D eigenvalue weighted by atomic mass is 10.0. The van der Waals surface area contributed by atoms with Crippen molar-refractivity contribution in [1.82, 2.24) is 10.6 Å². The van der Waals surface area contributed by atoms with Crippen molar-refractivity contribution in [2.45, 2.75) is 42.7 Å². The number of nitrogens with one attached hydrogen (secondary N) is 2. The summed E-state index contributed by atoms with van der Waals surface area (Å²) >= 11 is 7.92. The normalized spacial score (nSPS) is 24.0. The third kappa shape index (κ3) is 4.28. The molecule has 1 aromatic carbocycles. The quantitative estimate of drug-likeness (QED) is 0.879. The third-order valence-electron chi connectivity index (χ3n) is 3.94. The van der Waals surface area contributed by atoms with E-state index in [1.54, 1.807) is 0 Å². The number of benzene rings is 1. The second-order valence-corrected chi connectivity index (χ2v) is 7.01. The van der Waals surface area contributed by atoms with E-state index in [0.717, 1.165) is 30.2 Å². The number of thioether (sulfide) groups is 1. The Hall–Kier alpha value is -0.420. The van der Waals surface area contributed by atoms with E-state index in [9.17, 15) is 4.79 Å². The molecule has 2 atom stereocenters. The summed E-state index contributed by atoms with van der Waals surface area (Å²) in [5, 5.41) is 7.28. The molecule has 2 heterocycles. The summed E-state index contributed by atoms with van der Waals surface area (Å²) in [6, 6.07) is 6.42. The van der Waals surface area contributed by atoms with Crippen molar-refractivity contribution in [3.05, 3.63) is 28.8 Å². The van der Waals surface area contributed by atoms with Gasteiger partial charge in [0.15, 0.2) is 0 Å². The second-order valence-electron chi connectivity index (χ2n) is 5.44. The minimum absolute atomic E-state index is 0. The van der Waals surface area contributed by atoms with Gasteiger partial charge in [0.05, 0.1) is 6.04 Å². The number of carbonyl (C=O) groups excluding carboxylic acids is 1. The lowest BCUT2D eigenvalue weighted by molar-refractivity contribution is -0.122. The van der Waals surface area contributed by atoms with Crippen LogP contribution in [0.5, 0.6) is 0 Å². The zero-order valence-electron chi connectivity index (χ0n) is 11.7. The van der Waals surface area contributed by atoms with Gasteiger partial charge >= 0.3 is 0 Å². The summed E-state index contributed by atoms with van der Waals surface area (Å²) in [7, 11) is 0. The molecule has 0 aliphatic carbocycles. The number of hydrogen-bond acceptors (Lipinski definition) is 3. The van der Waals surface area contributed by atoms with Crippen LogP contribution >= 0.6 is 35.8 Å². The van der Waals surface area contributed by atoms with Gasteiger partial charge in [0.2, 0.25) is 5.91 Å². The molecule has 1 amide bonds. The van der Waals surface area contributed by atoms with E-state index >= 15 is 0 Å². The molecule has 116 valence electrons. The lowest BCUT2D eigenvalue weighted by Crippen LogP contribution is -2.35. The van der Waals surface area contributed by atoms with Crippen LogP contribution in [-0.2, 0) is 4.79 Å². The van der Waals surface area contributed by atoms with Crippen molar-refractivity contribution in [3.8, 4) is 0 Å². The first-order valence-electron chi connectivity index (χ1n) is 7.17. The van der Waals surface area contributed by atoms with Crippen LogP contribution in [0.25, 0.3) is 0 Å². The third-order valence-corrected chi connectivity index (χ3v) is 5.30. The molecule has 2 N–H and O–H groups in total. The summed E-state index contributed by atoms with van der Waals surface area (Å²) in [6.07, 6.45) is 3.84. The Morgan fingerprint density at radius 1 is 1.43 bits per heavy atom. The van der Waals surface area contributed by atoms with Crippen molar-refractivity contribution >= 4 is 41.7 Å². The fraction of sp³-hybridized carbons (Fsp3) is 0.533. The predicted molar refractivity (Wildman–Crippen MR) is 90.6 cm³/mol. The maximum absolute atomic E-state index is 12.2. The summed E-state index contributed by atoms with van der Waals surface area (Å²) in [4.78, 5) is 13.4. The van der Waals surface area contributed by atoms with E-state index < -0.39 is 0 Å². The van der Waals surface area contributed by atoms with Crippen LogP contribution < -0.4 is 10.6 Å². The van der Waals surface area contributed by atoms with Gasteiger partial charge in [-0.1, -0.05) is 11.6 Å². The average molecular weight is 347 g/mol. The fourth-order valence-corrected chi connectivity index (χ4v) is 4.21. The first-order chi connectivity index (χ1) is 9.72. The van der Waals surface area contributed by atoms with E-state index in [2.05, 4.69) is 16.7 Å². The summed E-state index contributed by atoms with van der Waals surface area (Å²) in [5.74, 6) is 1.19. The fourth-order valence-electron chi connectivity index (χ4n) is 2.92. The van der Waals surface area contributed by atoms with Crippen LogP contribution in [0, 0.1) is 0 Å². The van der Waals surface area contributed by atoms with Crippen LogP contribution in [0.3, 0.4) is 0 Å². The van der Waals surface area contributed by atoms with Crippen molar-refractivity contribution in [2.24, 2.45) is 0 Å². The SMILES string of the molecule is Cl.O=C(CC1CCCN1)NC1CCSc2ccc(Cl)cc21. The van der Waals surface area contributed by atoms with E-state index in [0.29, 0.717) is 12.5 Å². The Labute approximate surface area is 141 Å². The smallest absolute Gasteiger partial charge is 0.222 e. The van der Waals surface area contributed by atoms with E-state index in [-0.39, 0.29) is 24.4 Å². The lowest BCUT2D eigenvalue weighted by Gasteiger charge is -2.26. The van der Waals surface area contributed by atoms with E-state index in [4.69, 9.17) is 11.6 Å². The van der Waals surface area contributed by atoms with Gasteiger partial charge in [-0.05, 0) is 49.6 Å². The van der Waals surface area contributed by atoms with E-state index in [1.165, 1.54) is 16.9 Å². The van der Waals surface area contributed by atoms with Crippen molar-refractivity contribution < 1.29 is 4.79 Å². The number of carbonyl (C=O) groups is 1. The molecule has 6 heteroatoms. The molecular formula is C15H20Cl2N2OS. The van der Waals surface area contributed by atoms with Gasteiger partial charge in [-0.3, -0.25) is 4.79 Å². The molecule has 3 rings (SSSR count). The second kappa shape index (κ2) is 7.73. The predicted octanol–water partition coefficient (Wildman–Crippen LogP) is 3.56. The zero-order chi connectivity index (χ0) is 13.9. The van der Waals surface area contributed by atoms with E-state index in [1.807, 2.05) is 23.9 Å². The van der Waals surface area contributed by atoms with Gasteiger partial charge in [0.25, 0.3) is 0 Å². The van der Waals surface area contributed by atoms with Crippen LogP contribution in [0.4, 0.5) is 0 Å². The van der Waals surface area contributed by atoms with Crippen LogP contribution in [0.2, 0.25) is 5.02 Å². The van der Waals surface area contributed by atoms with Gasteiger partial charge in [-0.15, -0.1) is 24.2 Å². The highest BCUT2D eigenvalue weighted by molar-refractivity contribution is 7.99. The van der Waals surface area contributed by atoms with Crippen LogP contribution in [0.15, 0.2) is 23.1 Å². The van der Waals surface area contributed by atoms with Gasteiger partial charge in [0, 0.05) is 28.1 Å². The Kier molecular flexibility index (Phi) is 6.23. The molecule has 0 aromatic heterocycles. The van der Waals surface area contributed by atoms with Crippen molar-refractivity contribution in [3.63, 3.8) is 0 Å². The standard InChI is InChI=1S/C15H19ClN2OS.ClH/c16-10-3-4-14-12(8-10)13(5-7-20-14)18-15(19)9-11-2-1-6-17-11;/h3-4,8,11,13,17H,1-2,5-7,9H2,(H,18,19);1H. The summed E-state index contributed by atoms with van der Waals surface area (Å²) in [6.45, 7) is 1.04. The maximum atomic E-state index is 12.2. The molecule has 0 radical (unpaired) electrons. The van der Waals surface area contributed by atoms with Crippen molar-refractivity contribution in [2.75, 3.05) is 12.3 Å². The average Bonchev–Trinajstić information content (AvgIpc) is 2.92. The Morgan fingerprint density at radius 2 is 2.29 bits per heavy atom. The Morgan fingerprint density at radius 3 is 3.05 bits per heavy atom. The molecular weight excluding hydrogens is 327 g/mol. The number of rotatable bonds is 3. The summed E-state index contributed by atoms with van der Waals surface area (Å²) in [5.41, 5.74) is 1.17. The molecule has 0 saturated carbocycles. The number of hydrogen-bond donors (Lipinski definition) is 2. The molecule has 2 aliphatic rings. The molecule has 1 aromatic rings. The minimum atomic E-state index is 0. The molecule has 2 unspecified atom stereocenters. The van der Waals surface area contributed by atoms with Gasteiger partial charge in [-0.2, -0.15) is 0 Å². The number of amides is 1. The van der Waals surface area contributed by atoms with Crippen molar-refractivity contribution in [1.29, 1.82) is 0 Å². The largest absolute Gasteiger partial charge is 0.349 e. The maximum Gasteiger partial charge on any atom is 0.222 e. The van der Waals surface area contributed by atoms with Crippen LogP contribution in [-0.4, -0.2) is 24.2 Å². The first-order valence-corrected chi connectivity index (χ1v) is 8.54. The van der Waals surface area contributed by atoms with Crippen LogP contribution in [0.1, 0.15) is 37.3 Å². The Balaban J connectivity index is 0.00000161. The number of fused-ring (bicyclic) bond motifs is 1.